The molecule has 1 heterocycles. The number of imide groups is 1. The lowest BCUT2D eigenvalue weighted by atomic mass is 10.2. The van der Waals surface area contributed by atoms with E-state index in [9.17, 15) is 14.4 Å². The zero-order valence-corrected chi connectivity index (χ0v) is 20.3. The predicted molar refractivity (Wildman–Crippen MR) is 138 cm³/mol. The summed E-state index contributed by atoms with van der Waals surface area (Å²) < 4.78 is 6.87. The average Bonchev–Trinajstić information content (AvgIpc) is 3.07. The van der Waals surface area contributed by atoms with Crippen molar-refractivity contribution < 1.29 is 19.1 Å². The second kappa shape index (κ2) is 10.7. The molecule has 3 amide bonds. The van der Waals surface area contributed by atoms with Gasteiger partial charge in [0.15, 0.2) is 0 Å². The molecule has 4 rings (SSSR count). The van der Waals surface area contributed by atoms with Gasteiger partial charge in [-0.3, -0.25) is 19.3 Å². The lowest BCUT2D eigenvalue weighted by molar-refractivity contribution is -0.127. The Labute approximate surface area is 209 Å². The molecule has 33 heavy (non-hydrogen) atoms. The number of anilines is 1. The van der Waals surface area contributed by atoms with Crippen LogP contribution in [-0.4, -0.2) is 28.5 Å². The zero-order chi connectivity index (χ0) is 23.2. The molecule has 8 heteroatoms. The molecule has 0 aromatic heterocycles. The molecule has 1 fully saturated rings. The van der Waals surface area contributed by atoms with Gasteiger partial charge in [0.1, 0.15) is 18.9 Å². The standard InChI is InChI=1S/C25H19IN2O4S/c26-19-9-11-20(12-10-19)27-23(29)15-28-24(30)22(33-25(28)31)14-18-7-4-8-21(13-18)32-16-17-5-2-1-3-6-17/h1-14H,15-16H2,(H,27,29)/b22-14+. The van der Waals surface area contributed by atoms with E-state index in [-0.39, 0.29) is 11.4 Å². The Morgan fingerprint density at radius 3 is 2.52 bits per heavy atom. The Balaban J connectivity index is 1.39. The molecule has 0 aliphatic carbocycles. The Morgan fingerprint density at radius 2 is 1.76 bits per heavy atom. The van der Waals surface area contributed by atoms with E-state index in [1.54, 1.807) is 24.3 Å². The predicted octanol–water partition coefficient (Wildman–Crippen LogP) is 5.55. The summed E-state index contributed by atoms with van der Waals surface area (Å²) in [5.74, 6) is -0.266. The molecule has 3 aromatic carbocycles. The van der Waals surface area contributed by atoms with Crippen molar-refractivity contribution in [3.63, 3.8) is 0 Å². The quantitative estimate of drug-likeness (QED) is 0.298. The second-order valence-electron chi connectivity index (χ2n) is 7.17. The number of carbonyl (C=O) groups is 3. The number of nitrogens with zero attached hydrogens (tertiary/aromatic N) is 1. The Kier molecular flexibility index (Phi) is 7.46. The minimum Gasteiger partial charge on any atom is -0.489 e. The summed E-state index contributed by atoms with van der Waals surface area (Å²) in [4.78, 5) is 38.7. The Bertz CT molecular complexity index is 1210. The number of amides is 3. The third-order valence-corrected chi connectivity index (χ3v) is 6.33. The van der Waals surface area contributed by atoms with E-state index in [1.165, 1.54) is 0 Å². The molecule has 0 saturated carbocycles. The number of benzene rings is 3. The molecule has 0 atom stereocenters. The number of hydrogen-bond donors (Lipinski definition) is 1. The van der Waals surface area contributed by atoms with Crippen molar-refractivity contribution >= 4 is 63.2 Å². The summed E-state index contributed by atoms with van der Waals surface area (Å²) >= 11 is 2.99. The van der Waals surface area contributed by atoms with Crippen LogP contribution in [0.3, 0.4) is 0 Å². The topological polar surface area (TPSA) is 75.7 Å². The van der Waals surface area contributed by atoms with Gasteiger partial charge in [-0.2, -0.15) is 0 Å². The van der Waals surface area contributed by atoms with E-state index in [4.69, 9.17) is 4.74 Å². The van der Waals surface area contributed by atoms with Crippen LogP contribution in [-0.2, 0) is 16.2 Å². The molecule has 166 valence electrons. The van der Waals surface area contributed by atoms with Gasteiger partial charge in [0.25, 0.3) is 11.1 Å². The summed E-state index contributed by atoms with van der Waals surface area (Å²) in [6, 6.07) is 24.3. The maximum Gasteiger partial charge on any atom is 0.294 e. The van der Waals surface area contributed by atoms with E-state index in [0.717, 1.165) is 31.4 Å². The SMILES string of the molecule is O=C(CN1C(=O)S/C(=C/c2cccc(OCc3ccccc3)c2)C1=O)Nc1ccc(I)cc1. The summed E-state index contributed by atoms with van der Waals surface area (Å²) in [6.45, 7) is 0.0880. The van der Waals surface area contributed by atoms with E-state index < -0.39 is 17.1 Å². The smallest absolute Gasteiger partial charge is 0.294 e. The van der Waals surface area contributed by atoms with Gasteiger partial charge in [-0.15, -0.1) is 0 Å². The van der Waals surface area contributed by atoms with Crippen molar-refractivity contribution in [1.82, 2.24) is 4.90 Å². The van der Waals surface area contributed by atoms with Gasteiger partial charge in [0.05, 0.1) is 4.91 Å². The largest absolute Gasteiger partial charge is 0.489 e. The lowest BCUT2D eigenvalue weighted by Gasteiger charge is -2.12. The number of halogens is 1. The van der Waals surface area contributed by atoms with Crippen LogP contribution in [0.5, 0.6) is 5.75 Å². The van der Waals surface area contributed by atoms with Gasteiger partial charge in [-0.25, -0.2) is 0 Å². The van der Waals surface area contributed by atoms with Gasteiger partial charge in [0.2, 0.25) is 5.91 Å². The molecule has 3 aromatic rings. The van der Waals surface area contributed by atoms with Crippen LogP contribution >= 0.6 is 34.4 Å². The third kappa shape index (κ3) is 6.23. The fraction of sp³-hybridized carbons (Fsp3) is 0.0800. The van der Waals surface area contributed by atoms with Crippen LogP contribution in [0.15, 0.2) is 83.8 Å². The van der Waals surface area contributed by atoms with Crippen molar-refractivity contribution in [2.75, 3.05) is 11.9 Å². The monoisotopic (exact) mass is 570 g/mol. The normalized spacial score (nSPS) is 14.6. The van der Waals surface area contributed by atoms with Crippen molar-refractivity contribution in [1.29, 1.82) is 0 Å². The van der Waals surface area contributed by atoms with Gasteiger partial charge in [-0.05, 0) is 88.0 Å². The van der Waals surface area contributed by atoms with Crippen molar-refractivity contribution in [2.24, 2.45) is 0 Å². The molecule has 0 unspecified atom stereocenters. The van der Waals surface area contributed by atoms with Gasteiger partial charge < -0.3 is 10.1 Å². The summed E-state index contributed by atoms with van der Waals surface area (Å²) in [7, 11) is 0. The molecule has 0 radical (unpaired) electrons. The van der Waals surface area contributed by atoms with Crippen molar-refractivity contribution in [3.05, 3.63) is 98.5 Å². The maximum atomic E-state index is 12.8. The van der Waals surface area contributed by atoms with Crippen LogP contribution in [0.4, 0.5) is 10.5 Å². The molecule has 1 saturated heterocycles. The summed E-state index contributed by atoms with van der Waals surface area (Å²) in [5.41, 5.74) is 2.39. The number of ether oxygens (including phenoxy) is 1. The van der Waals surface area contributed by atoms with Gasteiger partial charge >= 0.3 is 0 Å². The van der Waals surface area contributed by atoms with Crippen LogP contribution in [0.1, 0.15) is 11.1 Å². The number of carbonyl (C=O) groups excluding carboxylic acids is 3. The van der Waals surface area contributed by atoms with Crippen LogP contribution < -0.4 is 10.1 Å². The first-order chi connectivity index (χ1) is 16.0. The summed E-state index contributed by atoms with van der Waals surface area (Å²) in [6.07, 6.45) is 1.64. The number of thioether (sulfide) groups is 1. The Hall–Kier alpha value is -3.11. The Morgan fingerprint density at radius 1 is 1.00 bits per heavy atom. The molecule has 1 N–H and O–H groups in total. The minimum atomic E-state index is -0.488. The van der Waals surface area contributed by atoms with Gasteiger partial charge in [-0.1, -0.05) is 42.5 Å². The number of rotatable bonds is 7. The second-order valence-corrected chi connectivity index (χ2v) is 9.41. The third-order valence-electron chi connectivity index (χ3n) is 4.71. The summed E-state index contributed by atoms with van der Waals surface area (Å²) in [5, 5.41) is 2.23. The highest BCUT2D eigenvalue weighted by atomic mass is 127. The molecular weight excluding hydrogens is 551 g/mol. The lowest BCUT2D eigenvalue weighted by Crippen LogP contribution is -2.36. The zero-order valence-electron chi connectivity index (χ0n) is 17.4. The first kappa shape index (κ1) is 23.1. The average molecular weight is 570 g/mol. The van der Waals surface area contributed by atoms with E-state index >= 15 is 0 Å². The van der Waals surface area contributed by atoms with Crippen LogP contribution in [0.25, 0.3) is 6.08 Å². The van der Waals surface area contributed by atoms with E-state index in [2.05, 4.69) is 27.9 Å². The van der Waals surface area contributed by atoms with E-state index in [1.807, 2.05) is 60.7 Å². The molecule has 1 aliphatic rings. The van der Waals surface area contributed by atoms with Crippen molar-refractivity contribution in [2.45, 2.75) is 6.61 Å². The molecular formula is C25H19IN2O4S. The highest BCUT2D eigenvalue weighted by Crippen LogP contribution is 2.32. The highest BCUT2D eigenvalue weighted by molar-refractivity contribution is 14.1. The fourth-order valence-electron chi connectivity index (χ4n) is 3.10. The first-order valence-electron chi connectivity index (χ1n) is 10.1. The minimum absolute atomic E-state index is 0.266. The molecule has 0 bridgehead atoms. The molecule has 0 spiro atoms. The molecule has 1 aliphatic heterocycles. The molecule has 6 nitrogen and oxygen atoms in total. The number of hydrogen-bond acceptors (Lipinski definition) is 5. The fourth-order valence-corrected chi connectivity index (χ4v) is 4.30. The van der Waals surface area contributed by atoms with Crippen LogP contribution in [0.2, 0.25) is 0 Å². The highest BCUT2D eigenvalue weighted by Gasteiger charge is 2.36. The first-order valence-corrected chi connectivity index (χ1v) is 11.9. The maximum absolute atomic E-state index is 12.8. The van der Waals surface area contributed by atoms with E-state index in [0.29, 0.717) is 18.0 Å². The number of nitrogens with one attached hydrogen (secondary N) is 1. The van der Waals surface area contributed by atoms with Crippen molar-refractivity contribution in [3.8, 4) is 5.75 Å². The van der Waals surface area contributed by atoms with Crippen LogP contribution in [0, 0.1) is 3.57 Å². The van der Waals surface area contributed by atoms with Gasteiger partial charge in [0, 0.05) is 9.26 Å².